The van der Waals surface area contributed by atoms with Gasteiger partial charge in [0, 0.05) is 12.6 Å². The van der Waals surface area contributed by atoms with Gasteiger partial charge in [-0.2, -0.15) is 0 Å². The lowest BCUT2D eigenvalue weighted by Gasteiger charge is -2.11. The quantitative estimate of drug-likeness (QED) is 0.801. The van der Waals surface area contributed by atoms with Crippen LogP contribution < -0.4 is 10.1 Å². The number of rotatable bonds is 7. The summed E-state index contributed by atoms with van der Waals surface area (Å²) in [5.41, 5.74) is 0.925. The van der Waals surface area contributed by atoms with Crippen LogP contribution in [0.5, 0.6) is 5.75 Å². The smallest absolute Gasteiger partial charge is 0.127 e. The van der Waals surface area contributed by atoms with Gasteiger partial charge in [0.25, 0.3) is 0 Å². The van der Waals surface area contributed by atoms with E-state index in [4.69, 9.17) is 4.74 Å². The average molecular weight is 253 g/mol. The van der Waals surface area contributed by atoms with Crippen molar-refractivity contribution >= 4 is 0 Å². The van der Waals surface area contributed by atoms with E-state index in [1.807, 2.05) is 6.07 Å². The van der Waals surface area contributed by atoms with Crippen LogP contribution in [-0.4, -0.2) is 13.2 Å². The molecule has 1 rings (SSSR count). The highest BCUT2D eigenvalue weighted by Gasteiger charge is 2.03. The molecule has 0 bridgehead atoms. The van der Waals surface area contributed by atoms with Gasteiger partial charge in [0.15, 0.2) is 0 Å². The van der Waals surface area contributed by atoms with Crippen LogP contribution in [0, 0.1) is 17.7 Å². The third kappa shape index (κ3) is 6.01. The van der Waals surface area contributed by atoms with Gasteiger partial charge >= 0.3 is 0 Å². The monoisotopic (exact) mass is 253 g/mol. The minimum atomic E-state index is -0.238. The van der Waals surface area contributed by atoms with Gasteiger partial charge in [-0.15, -0.1) is 0 Å². The summed E-state index contributed by atoms with van der Waals surface area (Å²) in [7, 11) is 0. The zero-order chi connectivity index (χ0) is 13.5. The molecule has 18 heavy (non-hydrogen) atoms. The molecule has 0 saturated carbocycles. The number of benzene rings is 1. The van der Waals surface area contributed by atoms with Crippen LogP contribution >= 0.6 is 0 Å². The van der Waals surface area contributed by atoms with Gasteiger partial charge in [0.2, 0.25) is 0 Å². The SMILES string of the molecule is CC(C)CNCc1cc(F)cc(OCC(C)C)c1. The van der Waals surface area contributed by atoms with Crippen molar-refractivity contribution in [1.29, 1.82) is 0 Å². The Morgan fingerprint density at radius 3 is 2.44 bits per heavy atom. The highest BCUT2D eigenvalue weighted by Crippen LogP contribution is 2.17. The van der Waals surface area contributed by atoms with Gasteiger partial charge in [0.05, 0.1) is 6.61 Å². The fraction of sp³-hybridized carbons (Fsp3) is 0.600. The maximum atomic E-state index is 13.4. The van der Waals surface area contributed by atoms with Gasteiger partial charge in [0.1, 0.15) is 11.6 Å². The molecule has 0 aliphatic carbocycles. The van der Waals surface area contributed by atoms with Gasteiger partial charge in [-0.25, -0.2) is 4.39 Å². The number of ether oxygens (including phenoxy) is 1. The molecule has 0 aliphatic rings. The van der Waals surface area contributed by atoms with Crippen molar-refractivity contribution in [2.45, 2.75) is 34.2 Å². The maximum Gasteiger partial charge on any atom is 0.127 e. The van der Waals surface area contributed by atoms with E-state index in [-0.39, 0.29) is 5.82 Å². The van der Waals surface area contributed by atoms with E-state index in [0.717, 1.165) is 12.1 Å². The van der Waals surface area contributed by atoms with Crippen molar-refractivity contribution in [3.63, 3.8) is 0 Å². The molecule has 0 radical (unpaired) electrons. The standard InChI is InChI=1S/C15H24FNO/c1-11(2)8-17-9-13-5-14(16)7-15(6-13)18-10-12(3)4/h5-7,11-12,17H,8-10H2,1-4H3. The molecule has 0 atom stereocenters. The summed E-state index contributed by atoms with van der Waals surface area (Å²) < 4.78 is 19.0. The van der Waals surface area contributed by atoms with Crippen LogP contribution in [0.3, 0.4) is 0 Å². The van der Waals surface area contributed by atoms with Crippen LogP contribution in [0.1, 0.15) is 33.3 Å². The van der Waals surface area contributed by atoms with Gasteiger partial charge in [-0.1, -0.05) is 27.7 Å². The van der Waals surface area contributed by atoms with Crippen LogP contribution in [0.15, 0.2) is 18.2 Å². The Morgan fingerprint density at radius 1 is 1.11 bits per heavy atom. The first-order valence-corrected chi connectivity index (χ1v) is 6.60. The van der Waals surface area contributed by atoms with Crippen molar-refractivity contribution in [3.8, 4) is 5.75 Å². The first-order chi connectivity index (χ1) is 8.47. The second-order valence-electron chi connectivity index (χ2n) is 5.52. The van der Waals surface area contributed by atoms with E-state index in [9.17, 15) is 4.39 Å². The predicted octanol–water partition coefficient (Wildman–Crippen LogP) is 3.61. The van der Waals surface area contributed by atoms with Crippen molar-refractivity contribution in [1.82, 2.24) is 5.32 Å². The molecule has 2 nitrogen and oxygen atoms in total. The molecule has 3 heteroatoms. The normalized spacial score (nSPS) is 11.3. The molecule has 0 heterocycles. The number of halogens is 1. The number of hydrogen-bond donors (Lipinski definition) is 1. The molecule has 1 aromatic carbocycles. The highest BCUT2D eigenvalue weighted by atomic mass is 19.1. The largest absolute Gasteiger partial charge is 0.493 e. The molecule has 0 saturated heterocycles. The third-order valence-corrected chi connectivity index (χ3v) is 2.40. The minimum absolute atomic E-state index is 0.238. The van der Waals surface area contributed by atoms with E-state index >= 15 is 0 Å². The van der Waals surface area contributed by atoms with Crippen LogP contribution in [0.4, 0.5) is 4.39 Å². The van der Waals surface area contributed by atoms with E-state index < -0.39 is 0 Å². The van der Waals surface area contributed by atoms with E-state index in [1.165, 1.54) is 6.07 Å². The molecular formula is C15H24FNO. The predicted molar refractivity (Wildman–Crippen MR) is 73.3 cm³/mol. The lowest BCUT2D eigenvalue weighted by Crippen LogP contribution is -2.19. The number of nitrogens with one attached hydrogen (secondary N) is 1. The fourth-order valence-corrected chi connectivity index (χ4v) is 1.57. The summed E-state index contributed by atoms with van der Waals surface area (Å²) in [5.74, 6) is 1.41. The van der Waals surface area contributed by atoms with Crippen LogP contribution in [0.25, 0.3) is 0 Å². The summed E-state index contributed by atoms with van der Waals surface area (Å²) in [6.45, 7) is 10.7. The molecule has 102 valence electrons. The molecule has 0 amide bonds. The molecule has 1 aromatic rings. The Hall–Kier alpha value is -1.09. The molecule has 0 unspecified atom stereocenters. The average Bonchev–Trinajstić information content (AvgIpc) is 2.25. The zero-order valence-electron chi connectivity index (χ0n) is 11.8. The highest BCUT2D eigenvalue weighted by molar-refractivity contribution is 5.29. The third-order valence-electron chi connectivity index (χ3n) is 2.40. The van der Waals surface area contributed by atoms with E-state index in [0.29, 0.717) is 30.7 Å². The summed E-state index contributed by atoms with van der Waals surface area (Å²) in [6, 6.07) is 4.89. The molecule has 0 aromatic heterocycles. The summed E-state index contributed by atoms with van der Waals surface area (Å²) in [4.78, 5) is 0. The second kappa shape index (κ2) is 7.37. The summed E-state index contributed by atoms with van der Waals surface area (Å²) in [6.07, 6.45) is 0. The van der Waals surface area contributed by atoms with Crippen molar-refractivity contribution in [3.05, 3.63) is 29.6 Å². The Labute approximate surface area is 110 Å². The topological polar surface area (TPSA) is 21.3 Å². The molecule has 0 aliphatic heterocycles. The van der Waals surface area contributed by atoms with Gasteiger partial charge < -0.3 is 10.1 Å². The van der Waals surface area contributed by atoms with Gasteiger partial charge in [-0.3, -0.25) is 0 Å². The molecule has 0 spiro atoms. The first-order valence-electron chi connectivity index (χ1n) is 6.60. The summed E-state index contributed by atoms with van der Waals surface area (Å²) in [5, 5.41) is 3.30. The maximum absolute atomic E-state index is 13.4. The Kier molecular flexibility index (Phi) is 6.13. The van der Waals surface area contributed by atoms with Crippen LogP contribution in [-0.2, 0) is 6.54 Å². The van der Waals surface area contributed by atoms with E-state index in [2.05, 4.69) is 33.0 Å². The molecule has 0 fully saturated rings. The Bertz CT molecular complexity index is 364. The second-order valence-corrected chi connectivity index (χ2v) is 5.52. The fourth-order valence-electron chi connectivity index (χ4n) is 1.57. The Morgan fingerprint density at radius 2 is 1.83 bits per heavy atom. The van der Waals surface area contributed by atoms with Crippen LogP contribution in [0.2, 0.25) is 0 Å². The van der Waals surface area contributed by atoms with Crippen molar-refractivity contribution in [2.24, 2.45) is 11.8 Å². The molecular weight excluding hydrogens is 229 g/mol. The Balaban J connectivity index is 2.57. The number of hydrogen-bond acceptors (Lipinski definition) is 2. The van der Waals surface area contributed by atoms with Gasteiger partial charge in [-0.05, 0) is 36.1 Å². The minimum Gasteiger partial charge on any atom is -0.493 e. The van der Waals surface area contributed by atoms with E-state index in [1.54, 1.807) is 6.07 Å². The van der Waals surface area contributed by atoms with Crippen molar-refractivity contribution < 1.29 is 9.13 Å². The molecule has 1 N–H and O–H groups in total. The first kappa shape index (κ1) is 15.0. The zero-order valence-corrected chi connectivity index (χ0v) is 11.8. The summed E-state index contributed by atoms with van der Waals surface area (Å²) >= 11 is 0. The van der Waals surface area contributed by atoms with Crippen molar-refractivity contribution in [2.75, 3.05) is 13.2 Å². The lowest BCUT2D eigenvalue weighted by molar-refractivity contribution is 0.269. The lowest BCUT2D eigenvalue weighted by atomic mass is 10.2.